The summed E-state index contributed by atoms with van der Waals surface area (Å²) in [5.74, 6) is 0. The van der Waals surface area contributed by atoms with Crippen LogP contribution in [0.4, 0.5) is 0 Å². The normalized spacial score (nSPS) is 31.4. The highest BCUT2D eigenvalue weighted by Gasteiger charge is 2.47. The third-order valence-electron chi connectivity index (χ3n) is 2.74. The van der Waals surface area contributed by atoms with E-state index < -0.39 is 0 Å². The highest BCUT2D eigenvalue weighted by atomic mass is 16.6. The third kappa shape index (κ3) is 0.641. The van der Waals surface area contributed by atoms with Crippen molar-refractivity contribution in [3.63, 3.8) is 0 Å². The number of hydrogen-bond donors (Lipinski definition) is 0. The molecule has 1 saturated heterocycles. The second kappa shape index (κ2) is 1.67. The monoisotopic (exact) mass is 146 g/mol. The van der Waals surface area contributed by atoms with Gasteiger partial charge in [0, 0.05) is 6.42 Å². The van der Waals surface area contributed by atoms with Gasteiger partial charge in [0.1, 0.15) is 6.10 Å². The van der Waals surface area contributed by atoms with Crippen LogP contribution in [0.15, 0.2) is 18.2 Å². The summed E-state index contributed by atoms with van der Waals surface area (Å²) < 4.78 is 5.43. The first kappa shape index (κ1) is 5.78. The topological polar surface area (TPSA) is 12.5 Å². The van der Waals surface area contributed by atoms with Crippen LogP contribution in [-0.2, 0) is 11.2 Å². The molecular weight excluding hydrogens is 136 g/mol. The summed E-state index contributed by atoms with van der Waals surface area (Å²) in [6.07, 6.45) is 2.14. The smallest absolute Gasteiger partial charge is 0.110 e. The van der Waals surface area contributed by atoms with Crippen molar-refractivity contribution in [2.45, 2.75) is 25.6 Å². The van der Waals surface area contributed by atoms with Gasteiger partial charge in [0.05, 0.1) is 6.10 Å². The summed E-state index contributed by atoms with van der Waals surface area (Å²) >= 11 is 0. The van der Waals surface area contributed by atoms with E-state index >= 15 is 0 Å². The zero-order valence-electron chi connectivity index (χ0n) is 6.50. The number of ether oxygens (including phenoxy) is 1. The van der Waals surface area contributed by atoms with Crippen LogP contribution in [0.5, 0.6) is 0 Å². The van der Waals surface area contributed by atoms with Crippen molar-refractivity contribution in [3.8, 4) is 0 Å². The first-order valence-corrected chi connectivity index (χ1v) is 4.10. The van der Waals surface area contributed by atoms with Gasteiger partial charge in [0.25, 0.3) is 0 Å². The van der Waals surface area contributed by atoms with E-state index in [1.807, 2.05) is 0 Å². The van der Waals surface area contributed by atoms with Crippen LogP contribution in [0.2, 0.25) is 0 Å². The lowest BCUT2D eigenvalue weighted by atomic mass is 10.0. The largest absolute Gasteiger partial charge is 0.364 e. The molecule has 1 aliphatic carbocycles. The van der Waals surface area contributed by atoms with Crippen molar-refractivity contribution in [2.24, 2.45) is 0 Å². The second-order valence-corrected chi connectivity index (χ2v) is 3.44. The number of hydrogen-bond acceptors (Lipinski definition) is 1. The fraction of sp³-hybridized carbons (Fsp3) is 0.400. The van der Waals surface area contributed by atoms with Crippen molar-refractivity contribution < 1.29 is 4.74 Å². The van der Waals surface area contributed by atoms with Crippen LogP contribution >= 0.6 is 0 Å². The minimum Gasteiger partial charge on any atom is -0.364 e. The highest BCUT2D eigenvalue weighted by molar-refractivity contribution is 5.43. The van der Waals surface area contributed by atoms with Crippen molar-refractivity contribution in [1.82, 2.24) is 0 Å². The molecule has 1 heterocycles. The predicted octanol–water partition coefficient (Wildman–Crippen LogP) is 1.99. The molecule has 1 nitrogen and oxygen atoms in total. The van der Waals surface area contributed by atoms with Gasteiger partial charge in [0.15, 0.2) is 0 Å². The molecule has 0 saturated carbocycles. The number of fused-ring (bicyclic) bond motifs is 3. The van der Waals surface area contributed by atoms with E-state index in [-0.39, 0.29) is 0 Å². The Morgan fingerprint density at radius 2 is 2.36 bits per heavy atom. The first-order chi connectivity index (χ1) is 5.36. The number of rotatable bonds is 0. The van der Waals surface area contributed by atoms with E-state index in [0.717, 1.165) is 6.42 Å². The summed E-state index contributed by atoms with van der Waals surface area (Å²) in [4.78, 5) is 0. The Hall–Kier alpha value is -0.820. The van der Waals surface area contributed by atoms with Crippen molar-refractivity contribution in [2.75, 3.05) is 0 Å². The lowest BCUT2D eigenvalue weighted by Gasteiger charge is -2.04. The molecule has 0 amide bonds. The van der Waals surface area contributed by atoms with Crippen LogP contribution in [0, 0.1) is 6.92 Å². The molecule has 11 heavy (non-hydrogen) atoms. The van der Waals surface area contributed by atoms with E-state index in [9.17, 15) is 0 Å². The molecule has 0 bridgehead atoms. The van der Waals surface area contributed by atoms with Gasteiger partial charge in [-0.15, -0.1) is 0 Å². The second-order valence-electron chi connectivity index (χ2n) is 3.44. The van der Waals surface area contributed by atoms with Gasteiger partial charge in [-0.25, -0.2) is 0 Å². The van der Waals surface area contributed by atoms with Gasteiger partial charge < -0.3 is 4.74 Å². The zero-order valence-corrected chi connectivity index (χ0v) is 6.50. The van der Waals surface area contributed by atoms with Crippen LogP contribution in [0.25, 0.3) is 0 Å². The number of benzene rings is 1. The molecule has 1 fully saturated rings. The molecule has 1 aromatic carbocycles. The molecule has 0 radical (unpaired) electrons. The minimum absolute atomic E-state index is 0.463. The standard InChI is InChI=1S/C10H10O/c1-6-3-2-4-7-8(6)5-9-10(7)11-9/h2-4,9-10H,5H2,1H3/t9-,10+/m0/s1. The SMILES string of the molecule is Cc1cccc2c1C[C@@H]1O[C@H]21. The van der Waals surface area contributed by atoms with Crippen LogP contribution < -0.4 is 0 Å². The molecule has 0 unspecified atom stereocenters. The van der Waals surface area contributed by atoms with Crippen molar-refractivity contribution in [1.29, 1.82) is 0 Å². The molecule has 2 atom stereocenters. The molecule has 0 aromatic heterocycles. The molecule has 3 rings (SSSR count). The van der Waals surface area contributed by atoms with Gasteiger partial charge in [-0.1, -0.05) is 18.2 Å². The van der Waals surface area contributed by atoms with E-state index in [2.05, 4.69) is 25.1 Å². The molecule has 1 aromatic rings. The Morgan fingerprint density at radius 3 is 3.18 bits per heavy atom. The van der Waals surface area contributed by atoms with E-state index in [4.69, 9.17) is 4.74 Å². The predicted molar refractivity (Wildman–Crippen MR) is 42.5 cm³/mol. The molecule has 0 N–H and O–H groups in total. The Morgan fingerprint density at radius 1 is 1.45 bits per heavy atom. The molecular formula is C10H10O. The fourth-order valence-corrected chi connectivity index (χ4v) is 2.04. The quantitative estimate of drug-likeness (QED) is 0.510. The average molecular weight is 146 g/mol. The van der Waals surface area contributed by atoms with Crippen LogP contribution in [0.3, 0.4) is 0 Å². The average Bonchev–Trinajstić information content (AvgIpc) is 2.67. The van der Waals surface area contributed by atoms with Crippen molar-refractivity contribution >= 4 is 0 Å². The van der Waals surface area contributed by atoms with Gasteiger partial charge in [0.2, 0.25) is 0 Å². The van der Waals surface area contributed by atoms with E-state index in [0.29, 0.717) is 12.2 Å². The van der Waals surface area contributed by atoms with E-state index in [1.165, 1.54) is 16.7 Å². The summed E-state index contributed by atoms with van der Waals surface area (Å²) in [6.45, 7) is 2.18. The summed E-state index contributed by atoms with van der Waals surface area (Å²) in [5, 5.41) is 0. The van der Waals surface area contributed by atoms with E-state index in [1.54, 1.807) is 0 Å². The lowest BCUT2D eigenvalue weighted by molar-refractivity contribution is 0.360. The summed E-state index contributed by atoms with van der Waals surface area (Å²) in [7, 11) is 0. The maximum atomic E-state index is 5.43. The highest BCUT2D eigenvalue weighted by Crippen LogP contribution is 2.49. The molecule has 0 spiro atoms. The maximum Gasteiger partial charge on any atom is 0.110 e. The Kier molecular flexibility index (Phi) is 0.878. The minimum atomic E-state index is 0.463. The first-order valence-electron chi connectivity index (χ1n) is 4.10. The number of epoxide rings is 1. The Labute approximate surface area is 66.0 Å². The molecule has 2 aliphatic rings. The third-order valence-corrected chi connectivity index (χ3v) is 2.74. The summed E-state index contributed by atoms with van der Waals surface area (Å²) in [6, 6.07) is 6.50. The van der Waals surface area contributed by atoms with Crippen LogP contribution in [0.1, 0.15) is 22.8 Å². The Bertz CT molecular complexity index is 317. The van der Waals surface area contributed by atoms with Gasteiger partial charge in [-0.05, 0) is 23.6 Å². The maximum absolute atomic E-state index is 5.43. The van der Waals surface area contributed by atoms with Gasteiger partial charge in [-0.3, -0.25) is 0 Å². The lowest BCUT2D eigenvalue weighted by Crippen LogP contribution is -1.92. The van der Waals surface area contributed by atoms with Crippen molar-refractivity contribution in [3.05, 3.63) is 34.9 Å². The number of aryl methyl sites for hydroxylation is 1. The van der Waals surface area contributed by atoms with Crippen LogP contribution in [-0.4, -0.2) is 6.10 Å². The molecule has 56 valence electrons. The fourth-order valence-electron chi connectivity index (χ4n) is 2.04. The zero-order chi connectivity index (χ0) is 7.42. The summed E-state index contributed by atoms with van der Waals surface area (Å²) in [5.41, 5.74) is 4.40. The van der Waals surface area contributed by atoms with Gasteiger partial charge >= 0.3 is 0 Å². The molecule has 1 heteroatoms. The molecule has 1 aliphatic heterocycles. The Balaban J connectivity index is 2.24. The van der Waals surface area contributed by atoms with Gasteiger partial charge in [-0.2, -0.15) is 0 Å².